The molecule has 0 saturated carbocycles. The van der Waals surface area contributed by atoms with Crippen LogP contribution in [0.5, 0.6) is 0 Å². The largest absolute Gasteiger partial charge is 0.337 e. The summed E-state index contributed by atoms with van der Waals surface area (Å²) in [6.45, 7) is 5.03. The summed E-state index contributed by atoms with van der Waals surface area (Å²) < 4.78 is 2.11. The number of nitrogens with one attached hydrogen (secondary N) is 2. The summed E-state index contributed by atoms with van der Waals surface area (Å²) in [5, 5.41) is 10.8. The van der Waals surface area contributed by atoms with Crippen LogP contribution in [0.1, 0.15) is 6.92 Å². The van der Waals surface area contributed by atoms with Gasteiger partial charge in [0.25, 0.3) is 0 Å². The Labute approximate surface area is 132 Å². The van der Waals surface area contributed by atoms with Crippen LogP contribution in [-0.4, -0.2) is 40.9 Å². The summed E-state index contributed by atoms with van der Waals surface area (Å²) in [6, 6.07) is 2.51. The van der Waals surface area contributed by atoms with Gasteiger partial charge in [0.15, 0.2) is 5.82 Å². The lowest BCUT2D eigenvalue weighted by atomic mass is 10.2. The van der Waals surface area contributed by atoms with Gasteiger partial charge in [-0.05, 0) is 44.8 Å². The molecule has 2 aromatic heterocycles. The zero-order valence-electron chi connectivity index (χ0n) is 10.3. The Bertz CT molecular complexity index is 562. The third-order valence-electron chi connectivity index (χ3n) is 3.00. The van der Waals surface area contributed by atoms with Crippen LogP contribution in [0.25, 0.3) is 10.7 Å². The van der Waals surface area contributed by atoms with Crippen LogP contribution in [-0.2, 0) is 0 Å². The summed E-state index contributed by atoms with van der Waals surface area (Å²) in [4.78, 5) is 7.87. The number of aromatic nitrogens is 3. The van der Waals surface area contributed by atoms with Gasteiger partial charge in [-0.3, -0.25) is 5.10 Å². The smallest absolute Gasteiger partial charge is 0.245 e. The second-order valence-electron chi connectivity index (χ2n) is 4.52. The van der Waals surface area contributed by atoms with Crippen molar-refractivity contribution >= 4 is 49.1 Å². The minimum Gasteiger partial charge on any atom is -0.337 e. The molecule has 0 amide bonds. The minimum absolute atomic E-state index is 0.473. The third kappa shape index (κ3) is 2.86. The number of halogens is 2. The molecule has 1 fully saturated rings. The Hall–Kier alpha value is -0.440. The van der Waals surface area contributed by atoms with Crippen LogP contribution in [0.2, 0.25) is 0 Å². The average Bonchev–Trinajstić information content (AvgIpc) is 2.97. The molecule has 5 nitrogen and oxygen atoms in total. The van der Waals surface area contributed by atoms with Gasteiger partial charge in [-0.1, -0.05) is 0 Å². The van der Waals surface area contributed by atoms with Crippen LogP contribution in [0, 0.1) is 0 Å². The quantitative estimate of drug-likeness (QED) is 0.804. The van der Waals surface area contributed by atoms with Gasteiger partial charge in [0.1, 0.15) is 0 Å². The Kier molecular flexibility index (Phi) is 3.93. The van der Waals surface area contributed by atoms with E-state index in [9.17, 15) is 0 Å². The highest BCUT2D eigenvalue weighted by Gasteiger charge is 2.20. The lowest BCUT2D eigenvalue weighted by Crippen LogP contribution is -2.49. The van der Waals surface area contributed by atoms with Crippen molar-refractivity contribution in [2.75, 3.05) is 24.5 Å². The molecule has 0 aromatic carbocycles. The highest BCUT2D eigenvalue weighted by atomic mass is 79.9. The number of aromatic amines is 1. The fourth-order valence-corrected chi connectivity index (χ4v) is 4.06. The molecule has 102 valence electrons. The molecule has 1 aliphatic heterocycles. The van der Waals surface area contributed by atoms with Crippen molar-refractivity contribution in [2.45, 2.75) is 13.0 Å². The van der Waals surface area contributed by atoms with E-state index in [-0.39, 0.29) is 0 Å². The molecule has 0 aliphatic carbocycles. The topological polar surface area (TPSA) is 56.8 Å². The monoisotopic (exact) mass is 405 g/mol. The van der Waals surface area contributed by atoms with Gasteiger partial charge >= 0.3 is 0 Å². The van der Waals surface area contributed by atoms with E-state index in [0.717, 1.165) is 44.5 Å². The molecular weight excluding hydrogens is 394 g/mol. The van der Waals surface area contributed by atoms with E-state index in [0.29, 0.717) is 6.04 Å². The molecule has 3 heterocycles. The van der Waals surface area contributed by atoms with E-state index < -0.39 is 0 Å². The summed E-state index contributed by atoms with van der Waals surface area (Å²) in [6.07, 6.45) is 0. The first kappa shape index (κ1) is 13.5. The maximum absolute atomic E-state index is 4.59. The molecule has 8 heteroatoms. The summed E-state index contributed by atoms with van der Waals surface area (Å²) in [5.74, 6) is 1.60. The van der Waals surface area contributed by atoms with E-state index in [4.69, 9.17) is 0 Å². The molecule has 19 heavy (non-hydrogen) atoms. The van der Waals surface area contributed by atoms with Crippen LogP contribution >= 0.6 is 43.2 Å². The lowest BCUT2D eigenvalue weighted by Gasteiger charge is -2.30. The second kappa shape index (κ2) is 5.51. The number of rotatable bonds is 2. The van der Waals surface area contributed by atoms with Gasteiger partial charge in [-0.25, -0.2) is 0 Å². The highest BCUT2D eigenvalue weighted by molar-refractivity contribution is 9.13. The predicted molar refractivity (Wildman–Crippen MR) is 84.8 cm³/mol. The molecular formula is C11H13Br2N5S. The number of thiophene rings is 1. The SMILES string of the molecule is C[C@H]1CN(c2n[nH]c(-c3cc(Br)c(Br)s3)n2)CCN1. The molecule has 3 rings (SSSR count). The Morgan fingerprint density at radius 2 is 2.32 bits per heavy atom. The van der Waals surface area contributed by atoms with Gasteiger partial charge < -0.3 is 10.2 Å². The Morgan fingerprint density at radius 1 is 1.47 bits per heavy atom. The van der Waals surface area contributed by atoms with E-state index in [1.807, 2.05) is 6.07 Å². The Morgan fingerprint density at radius 3 is 3.00 bits per heavy atom. The first-order valence-electron chi connectivity index (χ1n) is 5.99. The molecule has 0 radical (unpaired) electrons. The fraction of sp³-hybridized carbons (Fsp3) is 0.455. The van der Waals surface area contributed by atoms with Crippen LogP contribution in [0.15, 0.2) is 14.3 Å². The minimum atomic E-state index is 0.473. The zero-order chi connectivity index (χ0) is 13.4. The molecule has 1 aliphatic rings. The molecule has 2 aromatic rings. The van der Waals surface area contributed by atoms with Crippen molar-refractivity contribution < 1.29 is 0 Å². The van der Waals surface area contributed by atoms with Gasteiger partial charge in [-0.2, -0.15) is 4.98 Å². The maximum Gasteiger partial charge on any atom is 0.245 e. The molecule has 1 atom stereocenters. The predicted octanol–water partition coefficient (Wildman–Crippen LogP) is 2.86. The fourth-order valence-electron chi connectivity index (χ4n) is 2.08. The number of nitrogens with zero attached hydrogens (tertiary/aromatic N) is 3. The second-order valence-corrected chi connectivity index (χ2v) is 7.74. The number of anilines is 1. The summed E-state index contributed by atoms with van der Waals surface area (Å²) in [5.41, 5.74) is 0. The van der Waals surface area contributed by atoms with Crippen molar-refractivity contribution in [3.63, 3.8) is 0 Å². The zero-order valence-corrected chi connectivity index (χ0v) is 14.3. The molecule has 2 N–H and O–H groups in total. The van der Waals surface area contributed by atoms with Crippen LogP contribution in [0.4, 0.5) is 5.95 Å². The van der Waals surface area contributed by atoms with Crippen LogP contribution in [0.3, 0.4) is 0 Å². The number of hydrogen-bond acceptors (Lipinski definition) is 5. The van der Waals surface area contributed by atoms with E-state index in [2.05, 4.69) is 64.2 Å². The molecule has 0 unspecified atom stereocenters. The van der Waals surface area contributed by atoms with Gasteiger partial charge in [0, 0.05) is 30.1 Å². The summed E-state index contributed by atoms with van der Waals surface area (Å²) in [7, 11) is 0. The van der Waals surface area contributed by atoms with Crippen molar-refractivity contribution in [3.8, 4) is 10.7 Å². The van der Waals surface area contributed by atoms with Crippen molar-refractivity contribution in [1.29, 1.82) is 0 Å². The highest BCUT2D eigenvalue weighted by Crippen LogP contribution is 2.37. The van der Waals surface area contributed by atoms with Crippen molar-refractivity contribution in [3.05, 3.63) is 14.3 Å². The van der Waals surface area contributed by atoms with E-state index in [1.54, 1.807) is 11.3 Å². The molecule has 0 bridgehead atoms. The standard InChI is InChI=1S/C11H13Br2N5S/c1-6-5-18(3-2-14-6)11-15-10(16-17-11)8-4-7(12)9(13)19-8/h4,6,14H,2-3,5H2,1H3,(H,15,16,17)/t6-/m0/s1. The van der Waals surface area contributed by atoms with Gasteiger partial charge in [0.05, 0.1) is 8.66 Å². The molecule has 1 saturated heterocycles. The first-order valence-corrected chi connectivity index (χ1v) is 8.39. The van der Waals surface area contributed by atoms with Crippen molar-refractivity contribution in [1.82, 2.24) is 20.5 Å². The lowest BCUT2D eigenvalue weighted by molar-refractivity contribution is 0.480. The van der Waals surface area contributed by atoms with Crippen LogP contribution < -0.4 is 10.2 Å². The summed E-state index contributed by atoms with van der Waals surface area (Å²) >= 11 is 8.62. The number of H-pyrrole nitrogens is 1. The normalized spacial score (nSPS) is 19.9. The first-order chi connectivity index (χ1) is 9.13. The number of piperazine rings is 1. The van der Waals surface area contributed by atoms with Gasteiger partial charge in [-0.15, -0.1) is 16.4 Å². The van der Waals surface area contributed by atoms with Crippen molar-refractivity contribution in [2.24, 2.45) is 0 Å². The Balaban J connectivity index is 1.82. The number of hydrogen-bond donors (Lipinski definition) is 2. The van der Waals surface area contributed by atoms with E-state index >= 15 is 0 Å². The molecule has 0 spiro atoms. The van der Waals surface area contributed by atoms with Gasteiger partial charge in [0.2, 0.25) is 5.95 Å². The third-order valence-corrected chi connectivity index (χ3v) is 6.27. The van der Waals surface area contributed by atoms with E-state index in [1.165, 1.54) is 0 Å². The maximum atomic E-state index is 4.59. The average molecular weight is 407 g/mol.